The van der Waals surface area contributed by atoms with E-state index in [2.05, 4.69) is 10.2 Å². The molecule has 1 unspecified atom stereocenters. The number of benzene rings is 1. The minimum absolute atomic E-state index is 0.00526. The fourth-order valence-electron chi connectivity index (χ4n) is 3.49. The Kier molecular flexibility index (Phi) is 7.13. The Morgan fingerprint density at radius 3 is 2.66 bits per heavy atom. The van der Waals surface area contributed by atoms with Crippen LogP contribution in [0.4, 0.5) is 0 Å². The first-order valence-corrected chi connectivity index (χ1v) is 9.73. The molecule has 0 aliphatic carbocycles. The maximum Gasteiger partial charge on any atom is 0.255 e. The molecule has 1 saturated heterocycles. The normalized spacial score (nSPS) is 15.5. The van der Waals surface area contributed by atoms with Crippen molar-refractivity contribution in [1.82, 2.24) is 10.2 Å². The molecule has 0 saturated carbocycles. The molecule has 2 aromatic rings. The Morgan fingerprint density at radius 1 is 1.21 bits per heavy atom. The van der Waals surface area contributed by atoms with E-state index in [0.717, 1.165) is 31.7 Å². The molecule has 1 aromatic carbocycles. The molecule has 1 aliphatic heterocycles. The number of furan rings is 1. The van der Waals surface area contributed by atoms with Gasteiger partial charge in [-0.3, -0.25) is 14.5 Å². The van der Waals surface area contributed by atoms with Gasteiger partial charge in [0.2, 0.25) is 0 Å². The van der Waals surface area contributed by atoms with Crippen LogP contribution in [0.1, 0.15) is 41.4 Å². The van der Waals surface area contributed by atoms with Crippen LogP contribution in [-0.4, -0.2) is 50.1 Å². The van der Waals surface area contributed by atoms with Crippen LogP contribution in [0.2, 0.25) is 0 Å². The zero-order valence-electron chi connectivity index (χ0n) is 16.6. The molecule has 1 aliphatic rings. The maximum atomic E-state index is 12.7. The molecule has 0 spiro atoms. The summed E-state index contributed by atoms with van der Waals surface area (Å²) in [5.41, 5.74) is 5.53. The second-order valence-electron chi connectivity index (χ2n) is 6.96. The Labute approximate surface area is 169 Å². The van der Waals surface area contributed by atoms with Gasteiger partial charge in [-0.2, -0.15) is 0 Å². The number of nitrogens with two attached hydrogens (primary N) is 1. The first-order valence-electron chi connectivity index (χ1n) is 9.73. The number of primary amides is 1. The fourth-order valence-corrected chi connectivity index (χ4v) is 3.49. The molecule has 0 bridgehead atoms. The lowest BCUT2D eigenvalue weighted by atomic mass is 10.1. The van der Waals surface area contributed by atoms with E-state index in [-0.39, 0.29) is 18.6 Å². The van der Waals surface area contributed by atoms with Gasteiger partial charge in [-0.1, -0.05) is 6.42 Å². The van der Waals surface area contributed by atoms with Crippen LogP contribution in [-0.2, 0) is 4.79 Å². The number of hydrogen-bond donors (Lipinski definition) is 2. The number of nitrogens with one attached hydrogen (secondary N) is 1. The van der Waals surface area contributed by atoms with Gasteiger partial charge < -0.3 is 24.9 Å². The molecule has 0 radical (unpaired) electrons. The van der Waals surface area contributed by atoms with Crippen molar-refractivity contribution >= 4 is 11.8 Å². The van der Waals surface area contributed by atoms with Gasteiger partial charge in [0.1, 0.15) is 5.76 Å². The molecule has 2 amide bonds. The molecule has 1 aromatic heterocycles. The fraction of sp³-hybridized carbons (Fsp3) is 0.429. The Bertz CT molecular complexity index is 816. The Morgan fingerprint density at radius 2 is 2.00 bits per heavy atom. The smallest absolute Gasteiger partial charge is 0.255 e. The summed E-state index contributed by atoms with van der Waals surface area (Å²) >= 11 is 0. The molecule has 3 N–H and O–H groups in total. The third-order valence-electron chi connectivity index (χ3n) is 4.95. The topological polar surface area (TPSA) is 107 Å². The standard InChI is InChI=1S/C21H27N3O5/c1-27-19-12-15(7-8-18(19)29-14-20(22)25)21(26)23-13-16(17-6-5-11-28-17)24-9-3-2-4-10-24/h5-8,11-12,16H,2-4,9-10,13-14H2,1H3,(H2,22,25)(H,23,26). The number of rotatable bonds is 9. The van der Waals surface area contributed by atoms with Crippen LogP contribution in [0, 0.1) is 0 Å². The summed E-state index contributed by atoms with van der Waals surface area (Å²) in [7, 11) is 1.47. The predicted octanol–water partition coefficient (Wildman–Crippen LogP) is 2.11. The SMILES string of the molecule is COc1cc(C(=O)NCC(c2ccco2)N2CCCCC2)ccc1OCC(N)=O. The third kappa shape index (κ3) is 5.51. The van der Waals surface area contributed by atoms with Crippen molar-refractivity contribution in [3.8, 4) is 11.5 Å². The number of carbonyl (C=O) groups is 2. The lowest BCUT2D eigenvalue weighted by Crippen LogP contribution is -2.40. The number of ether oxygens (including phenoxy) is 2. The van der Waals surface area contributed by atoms with Crippen molar-refractivity contribution in [2.24, 2.45) is 5.73 Å². The summed E-state index contributed by atoms with van der Waals surface area (Å²) in [6.45, 7) is 2.15. The second kappa shape index (κ2) is 9.97. The van der Waals surface area contributed by atoms with Crippen LogP contribution in [0.15, 0.2) is 41.0 Å². The highest BCUT2D eigenvalue weighted by Gasteiger charge is 2.25. The van der Waals surface area contributed by atoms with Crippen molar-refractivity contribution < 1.29 is 23.5 Å². The van der Waals surface area contributed by atoms with Crippen LogP contribution in [0.3, 0.4) is 0 Å². The van der Waals surface area contributed by atoms with Gasteiger partial charge >= 0.3 is 0 Å². The van der Waals surface area contributed by atoms with Crippen molar-refractivity contribution in [3.05, 3.63) is 47.9 Å². The highest BCUT2D eigenvalue weighted by Crippen LogP contribution is 2.28. The number of methoxy groups -OCH3 is 1. The van der Waals surface area contributed by atoms with Crippen molar-refractivity contribution in [1.29, 1.82) is 0 Å². The van der Waals surface area contributed by atoms with Crippen LogP contribution >= 0.6 is 0 Å². The molecular formula is C21H27N3O5. The zero-order valence-corrected chi connectivity index (χ0v) is 16.6. The quantitative estimate of drug-likeness (QED) is 0.666. The van der Waals surface area contributed by atoms with E-state index in [9.17, 15) is 9.59 Å². The highest BCUT2D eigenvalue weighted by molar-refractivity contribution is 5.94. The monoisotopic (exact) mass is 401 g/mol. The molecule has 1 fully saturated rings. The Hall–Kier alpha value is -3.00. The third-order valence-corrected chi connectivity index (χ3v) is 4.95. The molecule has 1 atom stereocenters. The molecule has 8 nitrogen and oxygen atoms in total. The lowest BCUT2D eigenvalue weighted by Gasteiger charge is -2.33. The molecule has 2 heterocycles. The van der Waals surface area contributed by atoms with Gasteiger partial charge in [0.25, 0.3) is 11.8 Å². The Balaban J connectivity index is 1.67. The first-order chi connectivity index (χ1) is 14.1. The minimum atomic E-state index is -0.587. The summed E-state index contributed by atoms with van der Waals surface area (Å²) in [6, 6.07) is 8.59. The number of hydrogen-bond acceptors (Lipinski definition) is 6. The van der Waals surface area contributed by atoms with E-state index in [1.165, 1.54) is 13.5 Å². The number of carbonyl (C=O) groups excluding carboxylic acids is 2. The summed E-state index contributed by atoms with van der Waals surface area (Å²) in [5.74, 6) is 0.746. The van der Waals surface area contributed by atoms with Crippen LogP contribution in [0.25, 0.3) is 0 Å². The number of amides is 2. The first kappa shape index (κ1) is 20.7. The van der Waals surface area contributed by atoms with Gasteiger partial charge in [-0.05, 0) is 56.3 Å². The average Bonchev–Trinajstić information content (AvgIpc) is 3.27. The van der Waals surface area contributed by atoms with E-state index in [0.29, 0.717) is 23.6 Å². The summed E-state index contributed by atoms with van der Waals surface area (Å²) < 4.78 is 16.2. The summed E-state index contributed by atoms with van der Waals surface area (Å²) in [5, 5.41) is 2.99. The molecular weight excluding hydrogens is 374 g/mol. The lowest BCUT2D eigenvalue weighted by molar-refractivity contribution is -0.119. The highest BCUT2D eigenvalue weighted by atomic mass is 16.5. The average molecular weight is 401 g/mol. The van der Waals surface area contributed by atoms with Crippen molar-refractivity contribution in [2.75, 3.05) is 33.4 Å². The number of nitrogens with zero attached hydrogens (tertiary/aromatic N) is 1. The predicted molar refractivity (Wildman–Crippen MR) is 107 cm³/mol. The summed E-state index contributed by atoms with van der Waals surface area (Å²) in [4.78, 5) is 26.0. The molecule has 156 valence electrons. The molecule has 8 heteroatoms. The van der Waals surface area contributed by atoms with E-state index < -0.39 is 5.91 Å². The van der Waals surface area contributed by atoms with Gasteiger partial charge in [0.05, 0.1) is 19.4 Å². The minimum Gasteiger partial charge on any atom is -0.493 e. The number of likely N-dealkylation sites (tertiary alicyclic amines) is 1. The van der Waals surface area contributed by atoms with E-state index in [4.69, 9.17) is 19.6 Å². The van der Waals surface area contributed by atoms with Gasteiger partial charge in [0.15, 0.2) is 18.1 Å². The van der Waals surface area contributed by atoms with E-state index >= 15 is 0 Å². The molecule has 3 rings (SSSR count). The van der Waals surface area contributed by atoms with E-state index in [1.54, 1.807) is 24.5 Å². The van der Waals surface area contributed by atoms with Crippen LogP contribution in [0.5, 0.6) is 11.5 Å². The maximum absolute atomic E-state index is 12.7. The van der Waals surface area contributed by atoms with Gasteiger partial charge in [-0.25, -0.2) is 0 Å². The summed E-state index contributed by atoms with van der Waals surface area (Å²) in [6.07, 6.45) is 5.19. The largest absolute Gasteiger partial charge is 0.493 e. The second-order valence-corrected chi connectivity index (χ2v) is 6.96. The van der Waals surface area contributed by atoms with Crippen LogP contribution < -0.4 is 20.5 Å². The van der Waals surface area contributed by atoms with Gasteiger partial charge in [0, 0.05) is 12.1 Å². The number of piperidine rings is 1. The van der Waals surface area contributed by atoms with Gasteiger partial charge in [-0.15, -0.1) is 0 Å². The molecule has 29 heavy (non-hydrogen) atoms. The zero-order chi connectivity index (χ0) is 20.6. The van der Waals surface area contributed by atoms with Crippen molar-refractivity contribution in [3.63, 3.8) is 0 Å². The van der Waals surface area contributed by atoms with E-state index in [1.807, 2.05) is 12.1 Å². The van der Waals surface area contributed by atoms with Crippen molar-refractivity contribution in [2.45, 2.75) is 25.3 Å².